The van der Waals surface area contributed by atoms with Crippen molar-refractivity contribution in [1.82, 2.24) is 15.0 Å². The Hall–Kier alpha value is -1.49. The average Bonchev–Trinajstić information content (AvgIpc) is 2.39. The minimum atomic E-state index is 0.311. The van der Waals surface area contributed by atoms with Crippen LogP contribution in [0.2, 0.25) is 0 Å². The van der Waals surface area contributed by atoms with Gasteiger partial charge in [0.1, 0.15) is 16.2 Å². The van der Waals surface area contributed by atoms with E-state index in [0.717, 1.165) is 22.8 Å². The third kappa shape index (κ3) is 3.73. The lowest BCUT2D eigenvalue weighted by atomic mass is 10.2. The minimum absolute atomic E-state index is 0.311. The van der Waals surface area contributed by atoms with Gasteiger partial charge in [-0.15, -0.1) is 0 Å². The molecule has 2 rings (SSSR count). The lowest BCUT2D eigenvalue weighted by Gasteiger charge is -2.19. The average molecular weight is 321 g/mol. The second-order valence-electron chi connectivity index (χ2n) is 4.77. The van der Waals surface area contributed by atoms with E-state index in [4.69, 9.17) is 0 Å². The molecule has 0 saturated carbocycles. The van der Waals surface area contributed by atoms with E-state index in [1.54, 1.807) is 12.4 Å². The number of hydrogen-bond donors (Lipinski definition) is 0. The molecule has 0 spiro atoms. The van der Waals surface area contributed by atoms with Crippen LogP contribution < -0.4 is 4.90 Å². The topological polar surface area (TPSA) is 41.9 Å². The molecule has 0 aliphatic carbocycles. The number of hydrogen-bond acceptors (Lipinski definition) is 4. The van der Waals surface area contributed by atoms with Crippen LogP contribution in [0.15, 0.2) is 35.2 Å². The lowest BCUT2D eigenvalue weighted by Crippen LogP contribution is -2.19. The molecule has 0 aliphatic rings. The Bertz CT molecular complexity index is 542. The molecule has 0 fully saturated rings. The molecule has 0 radical (unpaired) electrons. The first kappa shape index (κ1) is 13.9. The molecular weight excluding hydrogens is 304 g/mol. The maximum absolute atomic E-state index is 4.60. The fourth-order valence-corrected chi connectivity index (χ4v) is 2.11. The van der Waals surface area contributed by atoms with Crippen molar-refractivity contribution in [3.8, 4) is 0 Å². The van der Waals surface area contributed by atoms with Crippen LogP contribution in [-0.2, 0) is 6.54 Å². The molecule has 0 aromatic carbocycles. The van der Waals surface area contributed by atoms with Crippen LogP contribution in [0, 0.1) is 0 Å². The van der Waals surface area contributed by atoms with Gasteiger partial charge in [0, 0.05) is 38.0 Å². The molecule has 4 nitrogen and oxygen atoms in total. The van der Waals surface area contributed by atoms with E-state index in [-0.39, 0.29) is 0 Å². The van der Waals surface area contributed by atoms with Crippen LogP contribution in [-0.4, -0.2) is 22.0 Å². The first-order chi connectivity index (χ1) is 9.06. The van der Waals surface area contributed by atoms with Gasteiger partial charge in [-0.05, 0) is 33.6 Å². The van der Waals surface area contributed by atoms with Gasteiger partial charge < -0.3 is 4.90 Å². The normalized spacial score (nSPS) is 10.8. The zero-order chi connectivity index (χ0) is 13.8. The van der Waals surface area contributed by atoms with Crippen LogP contribution in [0.1, 0.15) is 31.2 Å². The van der Waals surface area contributed by atoms with Gasteiger partial charge in [-0.2, -0.15) is 0 Å². The number of nitrogens with zero attached hydrogens (tertiary/aromatic N) is 4. The van der Waals surface area contributed by atoms with Gasteiger partial charge in [-0.1, -0.05) is 13.8 Å². The van der Waals surface area contributed by atoms with E-state index in [1.165, 1.54) is 5.56 Å². The predicted molar refractivity (Wildman–Crippen MR) is 80.2 cm³/mol. The fraction of sp³-hybridized carbons (Fsp3) is 0.357. The molecule has 19 heavy (non-hydrogen) atoms. The Morgan fingerprint density at radius 2 is 1.89 bits per heavy atom. The zero-order valence-electron chi connectivity index (χ0n) is 11.3. The number of pyridine rings is 1. The summed E-state index contributed by atoms with van der Waals surface area (Å²) in [5.74, 6) is 2.08. The van der Waals surface area contributed by atoms with Crippen LogP contribution >= 0.6 is 15.9 Å². The molecule has 0 amide bonds. The largest absolute Gasteiger partial charge is 0.355 e. The summed E-state index contributed by atoms with van der Waals surface area (Å²) in [5.41, 5.74) is 1.21. The van der Waals surface area contributed by atoms with E-state index in [9.17, 15) is 0 Å². The third-order valence-electron chi connectivity index (χ3n) is 2.78. The molecule has 2 aromatic rings. The summed E-state index contributed by atoms with van der Waals surface area (Å²) in [6.45, 7) is 4.98. The van der Waals surface area contributed by atoms with Gasteiger partial charge in [0.15, 0.2) is 0 Å². The summed E-state index contributed by atoms with van der Waals surface area (Å²) in [6, 6.07) is 5.96. The van der Waals surface area contributed by atoms with Crippen molar-refractivity contribution in [2.75, 3.05) is 11.9 Å². The maximum Gasteiger partial charge on any atom is 0.134 e. The van der Waals surface area contributed by atoms with Crippen molar-refractivity contribution in [3.63, 3.8) is 0 Å². The quantitative estimate of drug-likeness (QED) is 0.810. The highest BCUT2D eigenvalue weighted by molar-refractivity contribution is 9.10. The summed E-state index contributed by atoms with van der Waals surface area (Å²) < 4.78 is 0.822. The minimum Gasteiger partial charge on any atom is -0.355 e. The first-order valence-corrected chi connectivity index (χ1v) is 7.00. The smallest absolute Gasteiger partial charge is 0.134 e. The summed E-state index contributed by atoms with van der Waals surface area (Å²) in [5, 5.41) is 0. The Labute approximate surface area is 122 Å². The van der Waals surface area contributed by atoms with Gasteiger partial charge >= 0.3 is 0 Å². The summed E-state index contributed by atoms with van der Waals surface area (Å²) >= 11 is 3.45. The molecule has 0 saturated heterocycles. The second-order valence-corrected chi connectivity index (χ2v) is 5.59. The van der Waals surface area contributed by atoms with Crippen LogP contribution in [0.25, 0.3) is 0 Å². The van der Waals surface area contributed by atoms with Gasteiger partial charge in [-0.3, -0.25) is 4.98 Å². The monoisotopic (exact) mass is 320 g/mol. The van der Waals surface area contributed by atoms with Crippen molar-refractivity contribution in [1.29, 1.82) is 0 Å². The highest BCUT2D eigenvalue weighted by Gasteiger charge is 2.10. The van der Waals surface area contributed by atoms with Crippen molar-refractivity contribution in [2.24, 2.45) is 0 Å². The number of anilines is 1. The molecule has 5 heteroatoms. The Balaban J connectivity index is 2.21. The Kier molecular flexibility index (Phi) is 4.47. The lowest BCUT2D eigenvalue weighted by molar-refractivity contribution is 0.757. The molecule has 0 atom stereocenters. The molecule has 2 aromatic heterocycles. The number of rotatable bonds is 4. The van der Waals surface area contributed by atoms with Gasteiger partial charge in [-0.25, -0.2) is 9.97 Å². The van der Waals surface area contributed by atoms with Crippen molar-refractivity contribution >= 4 is 21.7 Å². The molecule has 0 N–H and O–H groups in total. The highest BCUT2D eigenvalue weighted by atomic mass is 79.9. The van der Waals surface area contributed by atoms with Gasteiger partial charge in [0.05, 0.1) is 0 Å². The molecule has 2 heterocycles. The first-order valence-electron chi connectivity index (χ1n) is 6.21. The molecule has 0 unspecified atom stereocenters. The summed E-state index contributed by atoms with van der Waals surface area (Å²) in [6.07, 6.45) is 3.61. The molecule has 0 aliphatic heterocycles. The summed E-state index contributed by atoms with van der Waals surface area (Å²) in [4.78, 5) is 15.1. The number of halogens is 1. The Morgan fingerprint density at radius 1 is 1.21 bits per heavy atom. The van der Waals surface area contributed by atoms with E-state index >= 15 is 0 Å². The van der Waals surface area contributed by atoms with Crippen LogP contribution in [0.4, 0.5) is 5.82 Å². The molecule has 100 valence electrons. The molecule has 0 bridgehead atoms. The standard InChI is InChI=1S/C14H17BrN4/c1-10(2)14-17-12(15)8-13(18-14)19(3)9-11-4-6-16-7-5-11/h4-8,10H,9H2,1-3H3. The fourth-order valence-electron chi connectivity index (χ4n) is 1.72. The Morgan fingerprint density at radius 3 is 2.53 bits per heavy atom. The van der Waals surface area contributed by atoms with Crippen molar-refractivity contribution in [3.05, 3.63) is 46.6 Å². The molecular formula is C14H17BrN4. The van der Waals surface area contributed by atoms with Crippen molar-refractivity contribution < 1.29 is 0 Å². The SMILES string of the molecule is CC(C)c1nc(Br)cc(N(C)Cc2ccncc2)n1. The van der Waals surface area contributed by atoms with E-state index in [1.807, 2.05) is 25.2 Å². The van der Waals surface area contributed by atoms with Crippen LogP contribution in [0.5, 0.6) is 0 Å². The van der Waals surface area contributed by atoms with Crippen molar-refractivity contribution in [2.45, 2.75) is 26.3 Å². The van der Waals surface area contributed by atoms with Gasteiger partial charge in [0.25, 0.3) is 0 Å². The van der Waals surface area contributed by atoms with Crippen LogP contribution in [0.3, 0.4) is 0 Å². The third-order valence-corrected chi connectivity index (χ3v) is 3.18. The zero-order valence-corrected chi connectivity index (χ0v) is 12.9. The summed E-state index contributed by atoms with van der Waals surface area (Å²) in [7, 11) is 2.03. The predicted octanol–water partition coefficient (Wildman–Crippen LogP) is 3.39. The van der Waals surface area contributed by atoms with E-state index in [2.05, 4.69) is 49.6 Å². The highest BCUT2D eigenvalue weighted by Crippen LogP contribution is 2.20. The number of aromatic nitrogens is 3. The second kappa shape index (κ2) is 6.10. The maximum atomic E-state index is 4.60. The van der Waals surface area contributed by atoms with E-state index < -0.39 is 0 Å². The van der Waals surface area contributed by atoms with E-state index in [0.29, 0.717) is 5.92 Å². The van der Waals surface area contributed by atoms with Gasteiger partial charge in [0.2, 0.25) is 0 Å².